The number of benzene rings is 1. The summed E-state index contributed by atoms with van der Waals surface area (Å²) in [5.41, 5.74) is -1.66. The SMILES string of the molecule is CCC(CC)OC(=O)N1C[C@@H](N(Cc2cc(C(F)(F)F)cc(C(F)(F)F)c2)c2ncc(-c3cnn(C)c3)cn2)C[C@H]1CC. The van der Waals surface area contributed by atoms with E-state index in [1.165, 1.54) is 12.4 Å². The van der Waals surface area contributed by atoms with Gasteiger partial charge in [-0.2, -0.15) is 31.4 Å². The predicted octanol–water partition coefficient (Wildman–Crippen LogP) is 7.10. The molecule has 3 aromatic rings. The van der Waals surface area contributed by atoms with Gasteiger partial charge in [-0.05, 0) is 49.4 Å². The lowest BCUT2D eigenvalue weighted by Crippen LogP contribution is -2.41. The van der Waals surface area contributed by atoms with Crippen LogP contribution >= 0.6 is 0 Å². The summed E-state index contributed by atoms with van der Waals surface area (Å²) in [5, 5.41) is 4.12. The maximum Gasteiger partial charge on any atom is 0.416 e. The molecule has 0 unspecified atom stereocenters. The van der Waals surface area contributed by atoms with Crippen molar-refractivity contribution in [3.63, 3.8) is 0 Å². The second-order valence-electron chi connectivity index (χ2n) is 10.6. The molecule has 0 saturated carbocycles. The molecular weight excluding hydrogens is 578 g/mol. The van der Waals surface area contributed by atoms with Gasteiger partial charge in [0, 0.05) is 55.9 Å². The minimum Gasteiger partial charge on any atom is -0.446 e. The highest BCUT2D eigenvalue weighted by Gasteiger charge is 2.41. The summed E-state index contributed by atoms with van der Waals surface area (Å²) < 4.78 is 89.1. The van der Waals surface area contributed by atoms with Crippen molar-refractivity contribution in [2.75, 3.05) is 11.4 Å². The summed E-state index contributed by atoms with van der Waals surface area (Å²) in [7, 11) is 1.74. The fourth-order valence-electron chi connectivity index (χ4n) is 5.25. The molecule has 0 aliphatic carbocycles. The highest BCUT2D eigenvalue weighted by molar-refractivity contribution is 5.69. The van der Waals surface area contributed by atoms with Crippen LogP contribution in [0, 0.1) is 0 Å². The standard InChI is InChI=1S/C29H34F6N6O2/c1-5-23-11-24(17-41(23)27(42)43-25(6-2)7-3)40(26-36-12-19(13-37-26)20-14-38-39(4)16-20)15-18-8-21(28(30,31)32)10-22(9-18)29(33,34)35/h8-10,12-14,16,23-25H,5-7,11,15,17H2,1-4H3/t23-,24+/m1/s1. The lowest BCUT2D eigenvalue weighted by molar-refractivity contribution is -0.143. The average molecular weight is 613 g/mol. The number of rotatable bonds is 9. The molecule has 1 aromatic carbocycles. The molecular formula is C29H34F6N6O2. The highest BCUT2D eigenvalue weighted by atomic mass is 19.4. The third-order valence-electron chi connectivity index (χ3n) is 7.65. The zero-order valence-corrected chi connectivity index (χ0v) is 24.3. The molecule has 8 nitrogen and oxygen atoms in total. The molecule has 1 fully saturated rings. The van der Waals surface area contributed by atoms with Crippen LogP contribution in [0.3, 0.4) is 0 Å². The van der Waals surface area contributed by atoms with Crippen molar-refractivity contribution in [3.05, 3.63) is 59.7 Å². The summed E-state index contributed by atoms with van der Waals surface area (Å²) in [4.78, 5) is 25.1. The van der Waals surface area contributed by atoms with Gasteiger partial charge in [-0.1, -0.05) is 20.8 Å². The lowest BCUT2D eigenvalue weighted by atomic mass is 10.0. The van der Waals surface area contributed by atoms with E-state index >= 15 is 0 Å². The first-order chi connectivity index (χ1) is 20.2. The first kappa shape index (κ1) is 32.1. The minimum atomic E-state index is -4.99. The molecule has 1 amide bonds. The Morgan fingerprint density at radius 3 is 2.07 bits per heavy atom. The lowest BCUT2D eigenvalue weighted by Gasteiger charge is -2.30. The van der Waals surface area contributed by atoms with Crippen LogP contribution in [0.2, 0.25) is 0 Å². The topological polar surface area (TPSA) is 76.4 Å². The number of amides is 1. The van der Waals surface area contributed by atoms with Crippen molar-refractivity contribution >= 4 is 12.0 Å². The van der Waals surface area contributed by atoms with Crippen molar-refractivity contribution < 1.29 is 35.9 Å². The van der Waals surface area contributed by atoms with Gasteiger partial charge in [-0.25, -0.2) is 14.8 Å². The zero-order chi connectivity index (χ0) is 31.5. The van der Waals surface area contributed by atoms with Gasteiger partial charge in [-0.3, -0.25) is 4.68 Å². The van der Waals surface area contributed by atoms with Gasteiger partial charge in [0.25, 0.3) is 0 Å². The largest absolute Gasteiger partial charge is 0.446 e. The number of aryl methyl sites for hydroxylation is 1. The van der Waals surface area contributed by atoms with Crippen molar-refractivity contribution in [2.24, 2.45) is 7.05 Å². The monoisotopic (exact) mass is 612 g/mol. The van der Waals surface area contributed by atoms with Crippen LogP contribution in [-0.4, -0.2) is 55.5 Å². The molecule has 14 heteroatoms. The second kappa shape index (κ2) is 12.8. The maximum absolute atomic E-state index is 13.6. The van der Waals surface area contributed by atoms with Crippen LogP contribution in [0.25, 0.3) is 11.1 Å². The molecule has 0 spiro atoms. The van der Waals surface area contributed by atoms with Crippen LogP contribution in [-0.2, 0) is 30.7 Å². The number of anilines is 1. The number of halogens is 6. The van der Waals surface area contributed by atoms with Crippen molar-refractivity contribution in [1.29, 1.82) is 0 Å². The van der Waals surface area contributed by atoms with Crippen molar-refractivity contribution in [3.8, 4) is 11.1 Å². The number of carbonyl (C=O) groups is 1. The van der Waals surface area contributed by atoms with E-state index in [1.54, 1.807) is 33.9 Å². The summed E-state index contributed by atoms with van der Waals surface area (Å²) in [6, 6.07) is 0.754. The fourth-order valence-corrected chi connectivity index (χ4v) is 5.25. The average Bonchev–Trinajstić information content (AvgIpc) is 3.60. The Balaban J connectivity index is 1.72. The first-order valence-corrected chi connectivity index (χ1v) is 14.1. The van der Waals surface area contributed by atoms with E-state index in [1.807, 2.05) is 20.8 Å². The molecule has 0 radical (unpaired) electrons. The quantitative estimate of drug-likeness (QED) is 0.240. The third kappa shape index (κ3) is 7.57. The van der Waals surface area contributed by atoms with E-state index in [4.69, 9.17) is 4.74 Å². The van der Waals surface area contributed by atoms with Crippen LogP contribution in [0.15, 0.2) is 43.0 Å². The number of alkyl halides is 6. The normalized spacial score (nSPS) is 17.5. The van der Waals surface area contributed by atoms with Gasteiger partial charge in [0.1, 0.15) is 6.10 Å². The van der Waals surface area contributed by atoms with Gasteiger partial charge < -0.3 is 14.5 Å². The van der Waals surface area contributed by atoms with Crippen LogP contribution in [0.5, 0.6) is 0 Å². The van der Waals surface area contributed by atoms with Crippen LogP contribution in [0.1, 0.15) is 63.1 Å². The summed E-state index contributed by atoms with van der Waals surface area (Å²) in [6.45, 7) is 5.50. The Kier molecular flexibility index (Phi) is 9.55. The van der Waals surface area contributed by atoms with Crippen LogP contribution in [0.4, 0.5) is 37.1 Å². The third-order valence-corrected chi connectivity index (χ3v) is 7.65. The number of hydrogen-bond acceptors (Lipinski definition) is 6. The van der Waals surface area contributed by atoms with Crippen molar-refractivity contribution in [2.45, 2.75) is 83.5 Å². The van der Waals surface area contributed by atoms with E-state index in [0.29, 0.717) is 43.4 Å². The highest BCUT2D eigenvalue weighted by Crippen LogP contribution is 2.37. The molecule has 2 aromatic heterocycles. The number of likely N-dealkylation sites (tertiary alicyclic amines) is 1. The molecule has 1 saturated heterocycles. The number of carbonyl (C=O) groups excluding carboxylic acids is 1. The van der Waals surface area contributed by atoms with Gasteiger partial charge in [0.05, 0.1) is 23.4 Å². The number of aromatic nitrogens is 4. The summed E-state index contributed by atoms with van der Waals surface area (Å²) >= 11 is 0. The maximum atomic E-state index is 13.6. The molecule has 4 rings (SSSR count). The number of ether oxygens (including phenoxy) is 1. The Hall–Kier alpha value is -3.84. The Bertz CT molecular complexity index is 1360. The Labute approximate surface area is 245 Å². The number of nitrogens with zero attached hydrogens (tertiary/aromatic N) is 6. The minimum absolute atomic E-state index is 0.103. The van der Waals surface area contributed by atoms with E-state index in [9.17, 15) is 31.1 Å². The van der Waals surface area contributed by atoms with Gasteiger partial charge in [-0.15, -0.1) is 0 Å². The molecule has 2 atom stereocenters. The molecule has 1 aliphatic heterocycles. The summed E-state index contributed by atoms with van der Waals surface area (Å²) in [5.74, 6) is 0.105. The molecule has 1 aliphatic rings. The zero-order valence-electron chi connectivity index (χ0n) is 24.3. The van der Waals surface area contributed by atoms with Gasteiger partial charge >= 0.3 is 18.4 Å². The Morgan fingerprint density at radius 1 is 0.977 bits per heavy atom. The molecule has 0 bridgehead atoms. The predicted molar refractivity (Wildman–Crippen MR) is 147 cm³/mol. The van der Waals surface area contributed by atoms with E-state index in [-0.39, 0.29) is 42.8 Å². The molecule has 43 heavy (non-hydrogen) atoms. The second-order valence-corrected chi connectivity index (χ2v) is 10.6. The van der Waals surface area contributed by atoms with E-state index in [0.717, 1.165) is 5.56 Å². The fraction of sp³-hybridized carbons (Fsp3) is 0.517. The van der Waals surface area contributed by atoms with E-state index in [2.05, 4.69) is 15.1 Å². The molecule has 3 heterocycles. The van der Waals surface area contributed by atoms with Crippen molar-refractivity contribution in [1.82, 2.24) is 24.6 Å². The van der Waals surface area contributed by atoms with Gasteiger partial charge in [0.15, 0.2) is 0 Å². The first-order valence-electron chi connectivity index (χ1n) is 14.1. The summed E-state index contributed by atoms with van der Waals surface area (Å²) in [6.07, 6.45) is -2.10. The van der Waals surface area contributed by atoms with E-state index < -0.39 is 35.6 Å². The smallest absolute Gasteiger partial charge is 0.416 e. The molecule has 234 valence electrons. The Morgan fingerprint density at radius 2 is 1.58 bits per heavy atom. The van der Waals surface area contributed by atoms with Gasteiger partial charge in [0.2, 0.25) is 5.95 Å². The number of hydrogen-bond donors (Lipinski definition) is 0. The molecule has 0 N–H and O–H groups in total. The van der Waals surface area contributed by atoms with Crippen LogP contribution < -0.4 is 4.90 Å².